The molecule has 0 bridgehead atoms. The molecule has 8 heteroatoms. The van der Waals surface area contributed by atoms with Gasteiger partial charge in [-0.15, -0.1) is 0 Å². The molecule has 0 radical (unpaired) electrons. The van der Waals surface area contributed by atoms with Gasteiger partial charge in [0, 0.05) is 62.9 Å². The molecule has 3 rings (SSSR count). The lowest BCUT2D eigenvalue weighted by Gasteiger charge is -2.48. The molecule has 8 nitrogen and oxygen atoms in total. The van der Waals surface area contributed by atoms with Crippen molar-refractivity contribution in [2.45, 2.75) is 128 Å². The average molecular weight is 709 g/mol. The van der Waals surface area contributed by atoms with Gasteiger partial charge in [0.15, 0.2) is 6.23 Å². The van der Waals surface area contributed by atoms with Crippen LogP contribution in [-0.4, -0.2) is 79.4 Å². The molecular weight excluding hydrogens is 636 g/mol. The van der Waals surface area contributed by atoms with E-state index in [1.165, 1.54) is 23.7 Å². The number of unbranched alkanes of at least 4 members (excludes halogenated alkanes) is 1. The fourth-order valence-electron chi connectivity index (χ4n) is 6.30. The van der Waals surface area contributed by atoms with Crippen LogP contribution in [0.15, 0.2) is 36.4 Å². The van der Waals surface area contributed by atoms with E-state index in [1.807, 2.05) is 57.7 Å². The normalized spacial score (nSPS) is 14.6. The highest BCUT2D eigenvalue weighted by atomic mass is 16.6. The minimum absolute atomic E-state index is 0.141. The summed E-state index contributed by atoms with van der Waals surface area (Å²) in [5.74, 6) is 0.636. The number of piperazine rings is 1. The van der Waals surface area contributed by atoms with Crippen LogP contribution in [0.3, 0.4) is 0 Å². The molecule has 1 unspecified atom stereocenters. The molecule has 0 spiro atoms. The Balaban J connectivity index is 0.00000442. The Labute approximate surface area is 311 Å². The molecule has 51 heavy (non-hydrogen) atoms. The summed E-state index contributed by atoms with van der Waals surface area (Å²) < 4.78 is 12.5. The van der Waals surface area contributed by atoms with Crippen LogP contribution in [0.4, 0.5) is 16.2 Å². The molecule has 2 aromatic rings. The minimum atomic E-state index is -0.778. The molecule has 1 fully saturated rings. The lowest BCUT2D eigenvalue weighted by molar-refractivity contribution is -0.119. The van der Waals surface area contributed by atoms with Gasteiger partial charge in [0.1, 0.15) is 5.75 Å². The van der Waals surface area contributed by atoms with Crippen molar-refractivity contribution in [2.24, 2.45) is 17.3 Å². The first-order valence-electron chi connectivity index (χ1n) is 19.4. The second-order valence-corrected chi connectivity index (χ2v) is 16.3. The molecule has 1 saturated heterocycles. The van der Waals surface area contributed by atoms with Gasteiger partial charge in [-0.25, -0.2) is 4.79 Å². The summed E-state index contributed by atoms with van der Waals surface area (Å²) in [6.45, 7) is 37.1. The molecule has 0 aromatic heterocycles. The van der Waals surface area contributed by atoms with Gasteiger partial charge >= 0.3 is 6.09 Å². The largest absolute Gasteiger partial charge is 0.494 e. The molecule has 0 N–H and O–H groups in total. The summed E-state index contributed by atoms with van der Waals surface area (Å²) in [7, 11) is 0. The Morgan fingerprint density at radius 3 is 2.04 bits per heavy atom. The van der Waals surface area contributed by atoms with Crippen LogP contribution in [0.5, 0.6) is 5.75 Å². The predicted octanol–water partition coefficient (Wildman–Crippen LogP) is 9.87. The number of benzene rings is 2. The van der Waals surface area contributed by atoms with E-state index in [-0.39, 0.29) is 23.2 Å². The van der Waals surface area contributed by atoms with E-state index in [4.69, 9.17) is 9.47 Å². The van der Waals surface area contributed by atoms with Crippen molar-refractivity contribution >= 4 is 23.4 Å². The van der Waals surface area contributed by atoms with Gasteiger partial charge in [0.2, 0.25) is 5.91 Å². The Morgan fingerprint density at radius 1 is 0.863 bits per heavy atom. The number of hydrogen-bond donors (Lipinski definition) is 0. The summed E-state index contributed by atoms with van der Waals surface area (Å²) in [5.41, 5.74) is 5.04. The zero-order chi connectivity index (χ0) is 38.7. The summed E-state index contributed by atoms with van der Waals surface area (Å²) in [4.78, 5) is 35.8. The number of amides is 2. The van der Waals surface area contributed by atoms with Gasteiger partial charge in [-0.1, -0.05) is 80.5 Å². The van der Waals surface area contributed by atoms with Gasteiger partial charge in [-0.2, -0.15) is 0 Å². The number of hydrogen-bond acceptors (Lipinski definition) is 6. The zero-order valence-electron chi connectivity index (χ0n) is 35.0. The second-order valence-electron chi connectivity index (χ2n) is 16.3. The SMILES string of the molecule is CC.CC(=O)N(c1cc(OCCCCN2CCN(c3cccc(C)c3C)CC2)ccc1C)C(OC(=O)N(CC(C)C)C(C)(C)C(C)(C)C)C(C)C. The van der Waals surface area contributed by atoms with E-state index in [1.54, 1.807) is 4.90 Å². The fourth-order valence-corrected chi connectivity index (χ4v) is 6.30. The monoisotopic (exact) mass is 709 g/mol. The first-order chi connectivity index (χ1) is 23.8. The second kappa shape index (κ2) is 19.5. The zero-order valence-corrected chi connectivity index (χ0v) is 35.0. The number of nitrogens with zero attached hydrogens (tertiary/aromatic N) is 4. The van der Waals surface area contributed by atoms with Gasteiger partial charge in [-0.05, 0) is 94.2 Å². The lowest BCUT2D eigenvalue weighted by atomic mass is 9.75. The van der Waals surface area contributed by atoms with E-state index in [0.717, 1.165) is 51.1 Å². The first kappa shape index (κ1) is 43.9. The summed E-state index contributed by atoms with van der Waals surface area (Å²) in [5, 5.41) is 0. The van der Waals surface area contributed by atoms with Crippen LogP contribution in [0.2, 0.25) is 0 Å². The third-order valence-corrected chi connectivity index (χ3v) is 10.5. The highest BCUT2D eigenvalue weighted by Gasteiger charge is 2.43. The number of carbonyl (C=O) groups is 2. The Morgan fingerprint density at radius 2 is 1.49 bits per heavy atom. The van der Waals surface area contributed by atoms with Crippen molar-refractivity contribution < 1.29 is 19.1 Å². The van der Waals surface area contributed by atoms with E-state index in [2.05, 4.69) is 90.3 Å². The third-order valence-electron chi connectivity index (χ3n) is 10.5. The maximum Gasteiger partial charge on any atom is 0.412 e. The van der Waals surface area contributed by atoms with Crippen LogP contribution in [-0.2, 0) is 9.53 Å². The number of rotatable bonds is 14. The number of anilines is 2. The molecule has 1 atom stereocenters. The maximum atomic E-state index is 14.0. The molecule has 1 aliphatic heterocycles. The van der Waals surface area contributed by atoms with Gasteiger partial charge in [0.05, 0.1) is 12.3 Å². The van der Waals surface area contributed by atoms with Crippen LogP contribution in [0.25, 0.3) is 0 Å². The van der Waals surface area contributed by atoms with Crippen molar-refractivity contribution in [1.82, 2.24) is 9.80 Å². The standard InChI is InChI=1S/C41H66N4O4.C2H6/c1-29(2)28-44(41(12,13)40(9,10)11)39(47)49-38(30(3)4)45(34(8)46)37-27-35(20-19-32(37)6)48-26-15-14-21-42-22-24-43(25-23-42)36-18-16-17-31(5)33(36)7;1-2/h16-20,27,29-30,38H,14-15,21-26,28H2,1-13H3;1-2H3. The average Bonchev–Trinajstić information content (AvgIpc) is 3.06. The quantitative estimate of drug-likeness (QED) is 0.144. The Hall–Kier alpha value is -3.26. The van der Waals surface area contributed by atoms with Gasteiger partial charge in [0.25, 0.3) is 0 Å². The first-order valence-corrected chi connectivity index (χ1v) is 19.4. The molecule has 288 valence electrons. The predicted molar refractivity (Wildman–Crippen MR) is 215 cm³/mol. The summed E-state index contributed by atoms with van der Waals surface area (Å²) in [6.07, 6.45) is 0.818. The highest BCUT2D eigenvalue weighted by molar-refractivity contribution is 5.93. The van der Waals surface area contributed by atoms with Gasteiger partial charge in [-0.3, -0.25) is 14.6 Å². The summed E-state index contributed by atoms with van der Waals surface area (Å²) in [6, 6.07) is 12.4. The van der Waals surface area contributed by atoms with Crippen molar-refractivity contribution in [3.8, 4) is 5.75 Å². The van der Waals surface area contributed by atoms with E-state index >= 15 is 0 Å². The van der Waals surface area contributed by atoms with E-state index < -0.39 is 17.9 Å². The topological polar surface area (TPSA) is 65.6 Å². The maximum absolute atomic E-state index is 14.0. The van der Waals surface area contributed by atoms with Crippen LogP contribution < -0.4 is 14.5 Å². The Kier molecular flexibility index (Phi) is 16.8. The molecular formula is C43H72N4O4. The number of ether oxygens (including phenoxy) is 2. The Bertz CT molecular complexity index is 1390. The smallest absolute Gasteiger partial charge is 0.412 e. The molecule has 1 aliphatic rings. The molecule has 2 amide bonds. The lowest BCUT2D eigenvalue weighted by Crippen LogP contribution is -2.58. The molecule has 0 aliphatic carbocycles. The molecule has 0 saturated carbocycles. The van der Waals surface area contributed by atoms with Crippen molar-refractivity contribution in [3.63, 3.8) is 0 Å². The van der Waals surface area contributed by atoms with Crippen molar-refractivity contribution in [1.29, 1.82) is 0 Å². The summed E-state index contributed by atoms with van der Waals surface area (Å²) >= 11 is 0. The fraction of sp³-hybridized carbons (Fsp3) is 0.674. The molecule has 2 aromatic carbocycles. The van der Waals surface area contributed by atoms with E-state index in [0.29, 0.717) is 24.6 Å². The number of carbonyl (C=O) groups excluding carboxylic acids is 2. The van der Waals surface area contributed by atoms with Crippen LogP contribution >= 0.6 is 0 Å². The minimum Gasteiger partial charge on any atom is -0.494 e. The number of aryl methyl sites for hydroxylation is 2. The van der Waals surface area contributed by atoms with Crippen molar-refractivity contribution in [3.05, 3.63) is 53.1 Å². The third kappa shape index (κ3) is 11.9. The van der Waals surface area contributed by atoms with Crippen LogP contribution in [0.1, 0.15) is 113 Å². The van der Waals surface area contributed by atoms with E-state index in [9.17, 15) is 9.59 Å². The van der Waals surface area contributed by atoms with Crippen molar-refractivity contribution in [2.75, 3.05) is 55.7 Å². The van der Waals surface area contributed by atoms with Crippen LogP contribution in [0, 0.1) is 38.0 Å². The molecule has 1 heterocycles. The van der Waals surface area contributed by atoms with Gasteiger partial charge < -0.3 is 19.3 Å². The highest BCUT2D eigenvalue weighted by Crippen LogP contribution is 2.37.